The Balaban J connectivity index is 2.18. The van der Waals surface area contributed by atoms with Crippen LogP contribution in [0.3, 0.4) is 0 Å². The summed E-state index contributed by atoms with van der Waals surface area (Å²) in [5.41, 5.74) is 4.89. The first-order chi connectivity index (χ1) is 9.44. The number of hydrogen-bond acceptors (Lipinski definition) is 4. The summed E-state index contributed by atoms with van der Waals surface area (Å²) in [5.74, 6) is -0.281. The highest BCUT2D eigenvalue weighted by atomic mass is 16.5. The molecule has 1 heterocycles. The van der Waals surface area contributed by atoms with Crippen molar-refractivity contribution in [2.45, 2.75) is 70.6 Å². The standard InChI is InChI=1S/C15H30N2O3/c1-12(2)17-15(3,14(16)18)8-4-5-9-20-13-6-10-19-11-7-13/h12-13,17H,4-11H2,1-3H3,(H2,16,18). The van der Waals surface area contributed by atoms with E-state index >= 15 is 0 Å². The first kappa shape index (κ1) is 17.4. The normalized spacial score (nSPS) is 20.0. The van der Waals surface area contributed by atoms with Gasteiger partial charge in [-0.1, -0.05) is 0 Å². The van der Waals surface area contributed by atoms with Gasteiger partial charge in [0.1, 0.15) is 0 Å². The molecule has 118 valence electrons. The Bertz CT molecular complexity index is 291. The van der Waals surface area contributed by atoms with E-state index in [0.717, 1.165) is 51.9 Å². The maximum Gasteiger partial charge on any atom is 0.237 e. The van der Waals surface area contributed by atoms with E-state index in [9.17, 15) is 4.79 Å². The SMILES string of the molecule is CC(C)NC(C)(CCCCOC1CCOCC1)C(N)=O. The molecule has 1 rings (SSSR count). The number of unbranched alkanes of at least 4 members (excludes halogenated alkanes) is 1. The van der Waals surface area contributed by atoms with Gasteiger partial charge in [0.05, 0.1) is 11.6 Å². The van der Waals surface area contributed by atoms with Gasteiger partial charge < -0.3 is 20.5 Å². The van der Waals surface area contributed by atoms with Crippen molar-refractivity contribution >= 4 is 5.91 Å². The molecule has 1 aliphatic rings. The largest absolute Gasteiger partial charge is 0.381 e. The predicted molar refractivity (Wildman–Crippen MR) is 79.5 cm³/mol. The lowest BCUT2D eigenvalue weighted by Crippen LogP contribution is -2.55. The van der Waals surface area contributed by atoms with Crippen molar-refractivity contribution in [3.05, 3.63) is 0 Å². The van der Waals surface area contributed by atoms with Crippen LogP contribution in [0.2, 0.25) is 0 Å². The van der Waals surface area contributed by atoms with Crippen LogP contribution in [-0.4, -0.2) is 43.4 Å². The minimum atomic E-state index is -0.618. The summed E-state index contributed by atoms with van der Waals surface area (Å²) >= 11 is 0. The maximum atomic E-state index is 11.6. The molecule has 0 spiro atoms. The zero-order valence-corrected chi connectivity index (χ0v) is 13.1. The van der Waals surface area contributed by atoms with Gasteiger partial charge in [-0.15, -0.1) is 0 Å². The van der Waals surface area contributed by atoms with Gasteiger partial charge in [-0.2, -0.15) is 0 Å². The Morgan fingerprint density at radius 1 is 1.40 bits per heavy atom. The second-order valence-corrected chi connectivity index (χ2v) is 6.14. The Morgan fingerprint density at radius 3 is 2.60 bits per heavy atom. The van der Waals surface area contributed by atoms with E-state index in [2.05, 4.69) is 5.32 Å². The summed E-state index contributed by atoms with van der Waals surface area (Å²) in [7, 11) is 0. The third kappa shape index (κ3) is 6.20. The van der Waals surface area contributed by atoms with E-state index in [1.165, 1.54) is 0 Å². The van der Waals surface area contributed by atoms with Gasteiger partial charge in [0, 0.05) is 25.9 Å². The number of carbonyl (C=O) groups excluding carboxylic acids is 1. The highest BCUT2D eigenvalue weighted by Gasteiger charge is 2.30. The van der Waals surface area contributed by atoms with Gasteiger partial charge in [0.15, 0.2) is 0 Å². The quantitative estimate of drug-likeness (QED) is 0.631. The molecule has 1 amide bonds. The number of carbonyl (C=O) groups is 1. The van der Waals surface area contributed by atoms with Crippen LogP contribution in [0.4, 0.5) is 0 Å². The molecule has 5 nitrogen and oxygen atoms in total. The van der Waals surface area contributed by atoms with Crippen molar-refractivity contribution in [2.75, 3.05) is 19.8 Å². The van der Waals surface area contributed by atoms with Crippen LogP contribution < -0.4 is 11.1 Å². The van der Waals surface area contributed by atoms with Gasteiger partial charge in [0.2, 0.25) is 5.91 Å². The summed E-state index contributed by atoms with van der Waals surface area (Å²) in [5, 5.41) is 3.26. The molecular formula is C15H30N2O3. The average molecular weight is 286 g/mol. The molecule has 0 saturated carbocycles. The summed E-state index contributed by atoms with van der Waals surface area (Å²) in [6.45, 7) is 8.30. The average Bonchev–Trinajstić information content (AvgIpc) is 2.38. The molecular weight excluding hydrogens is 256 g/mol. The minimum Gasteiger partial charge on any atom is -0.381 e. The van der Waals surface area contributed by atoms with Crippen molar-refractivity contribution in [3.63, 3.8) is 0 Å². The molecule has 0 aromatic heterocycles. The minimum absolute atomic E-state index is 0.242. The summed E-state index contributed by atoms with van der Waals surface area (Å²) in [6.07, 6.45) is 4.97. The Morgan fingerprint density at radius 2 is 2.05 bits per heavy atom. The van der Waals surface area contributed by atoms with E-state index in [0.29, 0.717) is 6.10 Å². The Labute approximate surface area is 122 Å². The number of amides is 1. The van der Waals surface area contributed by atoms with Crippen LogP contribution in [0.25, 0.3) is 0 Å². The fourth-order valence-electron chi connectivity index (χ4n) is 2.58. The van der Waals surface area contributed by atoms with Crippen molar-refractivity contribution in [2.24, 2.45) is 5.73 Å². The molecule has 20 heavy (non-hydrogen) atoms. The predicted octanol–water partition coefficient (Wildman–Crippen LogP) is 1.59. The lowest BCUT2D eigenvalue weighted by molar-refractivity contribution is -0.124. The summed E-state index contributed by atoms with van der Waals surface area (Å²) < 4.78 is 11.1. The number of primary amides is 1. The molecule has 1 unspecified atom stereocenters. The Kier molecular flexibility index (Phi) is 7.48. The lowest BCUT2D eigenvalue weighted by atomic mass is 9.93. The first-order valence-corrected chi connectivity index (χ1v) is 7.71. The molecule has 0 aromatic carbocycles. The van der Waals surface area contributed by atoms with Crippen LogP contribution in [0.15, 0.2) is 0 Å². The van der Waals surface area contributed by atoms with Crippen molar-refractivity contribution in [1.29, 1.82) is 0 Å². The summed E-state index contributed by atoms with van der Waals surface area (Å²) in [6, 6.07) is 0.242. The molecule has 1 saturated heterocycles. The monoisotopic (exact) mass is 286 g/mol. The fourth-order valence-corrected chi connectivity index (χ4v) is 2.58. The van der Waals surface area contributed by atoms with Crippen molar-refractivity contribution in [3.8, 4) is 0 Å². The topological polar surface area (TPSA) is 73.6 Å². The lowest BCUT2D eigenvalue weighted by Gasteiger charge is -2.30. The molecule has 0 radical (unpaired) electrons. The second kappa shape index (κ2) is 8.60. The molecule has 1 aliphatic heterocycles. The van der Waals surface area contributed by atoms with Crippen LogP contribution in [0, 0.1) is 0 Å². The molecule has 1 fully saturated rings. The zero-order valence-electron chi connectivity index (χ0n) is 13.1. The molecule has 0 aromatic rings. The summed E-state index contributed by atoms with van der Waals surface area (Å²) in [4.78, 5) is 11.6. The van der Waals surface area contributed by atoms with Crippen molar-refractivity contribution in [1.82, 2.24) is 5.32 Å². The van der Waals surface area contributed by atoms with Gasteiger partial charge >= 0.3 is 0 Å². The number of rotatable bonds is 9. The van der Waals surface area contributed by atoms with Crippen molar-refractivity contribution < 1.29 is 14.3 Å². The van der Waals surface area contributed by atoms with Gasteiger partial charge in [0.25, 0.3) is 0 Å². The molecule has 1 atom stereocenters. The third-order valence-electron chi connectivity index (χ3n) is 3.74. The molecule has 0 bridgehead atoms. The molecule has 5 heteroatoms. The zero-order chi connectivity index (χ0) is 15.0. The van der Waals surface area contributed by atoms with Gasteiger partial charge in [-0.05, 0) is 52.9 Å². The first-order valence-electron chi connectivity index (χ1n) is 7.71. The number of nitrogens with two attached hydrogens (primary N) is 1. The highest BCUT2D eigenvalue weighted by molar-refractivity contribution is 5.84. The van der Waals surface area contributed by atoms with Crippen LogP contribution in [-0.2, 0) is 14.3 Å². The third-order valence-corrected chi connectivity index (χ3v) is 3.74. The van der Waals surface area contributed by atoms with E-state index in [-0.39, 0.29) is 11.9 Å². The number of hydrogen-bond donors (Lipinski definition) is 2. The van der Waals surface area contributed by atoms with E-state index in [1.54, 1.807) is 0 Å². The molecule has 3 N–H and O–H groups in total. The fraction of sp³-hybridized carbons (Fsp3) is 0.933. The van der Waals surface area contributed by atoms with E-state index < -0.39 is 5.54 Å². The van der Waals surface area contributed by atoms with Gasteiger partial charge in [-0.25, -0.2) is 0 Å². The second-order valence-electron chi connectivity index (χ2n) is 6.14. The Hall–Kier alpha value is -0.650. The van der Waals surface area contributed by atoms with E-state index in [4.69, 9.17) is 15.2 Å². The van der Waals surface area contributed by atoms with E-state index in [1.807, 2.05) is 20.8 Å². The number of ether oxygens (including phenoxy) is 2. The highest BCUT2D eigenvalue weighted by Crippen LogP contribution is 2.16. The number of nitrogens with one attached hydrogen (secondary N) is 1. The van der Waals surface area contributed by atoms with Crippen LogP contribution in [0.1, 0.15) is 52.9 Å². The smallest absolute Gasteiger partial charge is 0.237 e. The maximum absolute atomic E-state index is 11.6. The van der Waals surface area contributed by atoms with Gasteiger partial charge in [-0.3, -0.25) is 4.79 Å². The van der Waals surface area contributed by atoms with Crippen LogP contribution >= 0.6 is 0 Å². The van der Waals surface area contributed by atoms with Crippen LogP contribution in [0.5, 0.6) is 0 Å². The molecule has 0 aliphatic carbocycles.